The van der Waals surface area contributed by atoms with Crippen molar-refractivity contribution in [1.82, 2.24) is 0 Å². The van der Waals surface area contributed by atoms with Gasteiger partial charge in [0.25, 0.3) is 0 Å². The molecule has 0 aliphatic heterocycles. The maximum Gasteiger partial charge on any atom is -0.0809 e. The van der Waals surface area contributed by atoms with Gasteiger partial charge in [-0.15, -0.1) is 83.6 Å². The van der Waals surface area contributed by atoms with Crippen molar-refractivity contribution < 1.29 is 19.2 Å². The molecule has 0 aliphatic carbocycles. The molecule has 0 amide bonds. The molecule has 0 saturated heterocycles. The molecule has 8 aromatic carbocycles. The van der Waals surface area contributed by atoms with Crippen LogP contribution in [0.1, 0.15) is 11.1 Å². The molecule has 0 saturated carbocycles. The third-order valence-electron chi connectivity index (χ3n) is 6.91. The van der Waals surface area contributed by atoms with Crippen LogP contribution in [0.25, 0.3) is 21.5 Å². The van der Waals surface area contributed by atoms with E-state index in [-0.39, 0.29) is 0 Å². The van der Waals surface area contributed by atoms with Crippen molar-refractivity contribution in [2.75, 3.05) is 0 Å². The Morgan fingerprint density at radius 3 is 0.978 bits per heavy atom. The average Bonchev–Trinajstić information content (AvgIpc) is 3.81. The van der Waals surface area contributed by atoms with Gasteiger partial charge in [-0.2, -0.15) is 84.3 Å². The monoisotopic (exact) mass is 642 g/mol. The van der Waals surface area contributed by atoms with Crippen LogP contribution < -0.4 is 10.4 Å². The van der Waals surface area contributed by atoms with Crippen molar-refractivity contribution in [2.45, 2.75) is 0 Å². The van der Waals surface area contributed by atoms with Gasteiger partial charge in [0.05, 0.1) is 0 Å². The van der Waals surface area contributed by atoms with Crippen LogP contribution in [0.5, 0.6) is 0 Å². The van der Waals surface area contributed by atoms with E-state index in [1.54, 1.807) is 0 Å². The zero-order valence-electron chi connectivity index (χ0n) is 26.0. The topological polar surface area (TPSA) is 0 Å². The van der Waals surface area contributed by atoms with Crippen LogP contribution in [-0.2, 0) is 19.2 Å². The quantitative estimate of drug-likeness (QED) is 0.130. The summed E-state index contributed by atoms with van der Waals surface area (Å²) in [6.45, 7) is 7.44. The predicted molar refractivity (Wildman–Crippen MR) is 199 cm³/mol. The van der Waals surface area contributed by atoms with E-state index < -0.39 is 6.19 Å². The normalized spacial score (nSPS) is 9.54. The van der Waals surface area contributed by atoms with E-state index >= 15 is 0 Å². The third-order valence-corrected chi connectivity index (χ3v) is 11.4. The van der Waals surface area contributed by atoms with E-state index in [0.29, 0.717) is 0 Å². The standard InChI is InChI=1S/C12H10Si.2C9H7.2C7H7.Ti/c1-3-7-11(8-4-1)13-12-9-5-2-6-10-12;2*1-2-5-9-7-3-6-8(9)4-1;2*1-7-5-3-2-4-6-7;/h1-10H;2*1-7H;2*2-6H,1H2;/q;4*-1;. The number of hydrogen-bond donors (Lipinski definition) is 0. The molecule has 0 heterocycles. The van der Waals surface area contributed by atoms with Gasteiger partial charge in [0.1, 0.15) is 0 Å². The fourth-order valence-corrected chi connectivity index (χ4v) is 7.42. The maximum atomic E-state index is 3.72. The molecule has 8 rings (SSSR count). The van der Waals surface area contributed by atoms with Crippen molar-refractivity contribution in [3.63, 3.8) is 0 Å². The van der Waals surface area contributed by atoms with E-state index in [9.17, 15) is 0 Å². The summed E-state index contributed by atoms with van der Waals surface area (Å²) in [5, 5.41) is 8.28. The van der Waals surface area contributed by atoms with Gasteiger partial charge in [-0.05, 0) is 0 Å². The molecule has 0 N–H and O–H groups in total. The zero-order chi connectivity index (χ0) is 32.2. The van der Waals surface area contributed by atoms with Crippen LogP contribution in [0.2, 0.25) is 0 Å². The van der Waals surface area contributed by atoms with Gasteiger partial charge in [0, 0.05) is 0 Å². The Balaban J connectivity index is 0.000000134. The van der Waals surface area contributed by atoms with Crippen molar-refractivity contribution in [2.24, 2.45) is 0 Å². The predicted octanol–water partition coefficient (Wildman–Crippen LogP) is 10.2. The van der Waals surface area contributed by atoms with Gasteiger partial charge in [0.15, 0.2) is 0 Å². The molecule has 8 aromatic rings. The summed E-state index contributed by atoms with van der Waals surface area (Å²) in [7, 11) is 0. The minimum absolute atomic E-state index is 0.545. The van der Waals surface area contributed by atoms with Crippen LogP contribution >= 0.6 is 0 Å². The number of hydrogen-bond acceptors (Lipinski definition) is 0. The van der Waals surface area contributed by atoms with Crippen molar-refractivity contribution >= 4 is 38.1 Å². The van der Waals surface area contributed by atoms with E-state index in [4.69, 9.17) is 0 Å². The van der Waals surface area contributed by atoms with Gasteiger partial charge in [-0.1, -0.05) is 24.3 Å². The molecule has 0 fully saturated rings. The summed E-state index contributed by atoms with van der Waals surface area (Å²) >= 11 is 2.34. The van der Waals surface area contributed by atoms with Crippen LogP contribution in [0.3, 0.4) is 0 Å². The minimum atomic E-state index is -0.545. The second-order valence-corrected chi connectivity index (χ2v) is 14.6. The molecule has 0 atom stereocenters. The fourth-order valence-electron chi connectivity index (χ4n) is 4.47. The van der Waals surface area contributed by atoms with Crippen LogP contribution in [-0.4, -0.2) is 6.19 Å². The summed E-state index contributed by atoms with van der Waals surface area (Å²) < 4.78 is 0. The first-order valence-corrected chi connectivity index (χ1v) is 19.1. The summed E-state index contributed by atoms with van der Waals surface area (Å²) in [6.07, 6.45) is -0.545. The fraction of sp³-hybridized carbons (Fsp3) is 0. The molecule has 0 unspecified atom stereocenters. The Kier molecular flexibility index (Phi) is 14.5. The maximum absolute atomic E-state index is 3.72. The summed E-state index contributed by atoms with van der Waals surface area (Å²) in [6, 6.07) is 70.6. The molecule has 46 heavy (non-hydrogen) atoms. The van der Waals surface area contributed by atoms with Gasteiger partial charge in [-0.3, -0.25) is 0 Å². The SMILES string of the molecule is [CH2-]c1ccccc1.[CH2-]c1ccccc1.[Ti]=[Si](c1ccccc1)c1ccccc1.c1ccc2[cH-]ccc2c1.c1ccc2[cH-]ccc2c1. The van der Waals surface area contributed by atoms with Crippen molar-refractivity contribution in [3.05, 3.63) is 231 Å². The molecule has 0 radical (unpaired) electrons. The summed E-state index contributed by atoms with van der Waals surface area (Å²) in [5.74, 6) is 0. The summed E-state index contributed by atoms with van der Waals surface area (Å²) in [5.41, 5.74) is 2.14. The Morgan fingerprint density at radius 2 is 0.674 bits per heavy atom. The van der Waals surface area contributed by atoms with Crippen molar-refractivity contribution in [1.29, 1.82) is 0 Å². The Labute approximate surface area is 287 Å². The second-order valence-electron chi connectivity index (χ2n) is 10.4. The molecule has 0 aromatic heterocycles. The first kappa shape index (κ1) is 34.1. The zero-order valence-corrected chi connectivity index (χ0v) is 28.6. The Hall–Kier alpha value is -4.79. The van der Waals surface area contributed by atoms with Gasteiger partial charge in [-0.25, -0.2) is 0 Å². The number of benzene rings is 6. The van der Waals surface area contributed by atoms with E-state index in [0.717, 1.165) is 11.1 Å². The third kappa shape index (κ3) is 12.0. The second kappa shape index (κ2) is 19.6. The molecule has 2 heteroatoms. The van der Waals surface area contributed by atoms with Gasteiger partial charge < -0.3 is 0 Å². The average molecular weight is 643 g/mol. The van der Waals surface area contributed by atoms with Crippen LogP contribution in [0.4, 0.5) is 0 Å². The number of rotatable bonds is 2. The largest absolute Gasteiger partial charge is 0.168 e. The minimum Gasteiger partial charge on any atom is -0.168 e. The molecule has 0 bridgehead atoms. The van der Waals surface area contributed by atoms with Gasteiger partial charge in [0.2, 0.25) is 0 Å². The number of fused-ring (bicyclic) bond motifs is 2. The molecule has 0 aliphatic rings. The first-order valence-electron chi connectivity index (χ1n) is 15.2. The van der Waals surface area contributed by atoms with E-state index in [2.05, 4.69) is 179 Å². The van der Waals surface area contributed by atoms with Gasteiger partial charge >= 0.3 is 96.4 Å². The Bertz CT molecular complexity index is 1750. The van der Waals surface area contributed by atoms with Crippen LogP contribution in [0.15, 0.2) is 206 Å². The molecular weight excluding hydrogens is 604 g/mol. The van der Waals surface area contributed by atoms with Crippen molar-refractivity contribution in [3.8, 4) is 0 Å². The van der Waals surface area contributed by atoms with E-state index in [1.165, 1.54) is 31.9 Å². The summed E-state index contributed by atoms with van der Waals surface area (Å²) in [4.78, 5) is 0. The molecule has 226 valence electrons. The van der Waals surface area contributed by atoms with Crippen LogP contribution in [0, 0.1) is 13.8 Å². The van der Waals surface area contributed by atoms with E-state index in [1.807, 2.05) is 60.7 Å². The first-order chi connectivity index (χ1) is 22.6. The Morgan fingerprint density at radius 1 is 0.370 bits per heavy atom. The molecular formula is C44H38SiTi-4. The molecule has 0 nitrogen and oxygen atoms in total. The molecule has 0 spiro atoms. The smallest absolute Gasteiger partial charge is 0.0809 e.